The summed E-state index contributed by atoms with van der Waals surface area (Å²) < 4.78 is 0. The van der Waals surface area contributed by atoms with Crippen LogP contribution < -0.4 is 5.43 Å². The van der Waals surface area contributed by atoms with Crippen LogP contribution in [0.4, 0.5) is 0 Å². The number of nitrogens with zero attached hydrogens (tertiary/aromatic N) is 2. The fourth-order valence-electron chi connectivity index (χ4n) is 1.32. The van der Waals surface area contributed by atoms with Crippen LogP contribution in [0.5, 0.6) is 0 Å². The van der Waals surface area contributed by atoms with Crippen LogP contribution in [0, 0.1) is 0 Å². The fourth-order valence-corrected chi connectivity index (χ4v) is 1.32. The highest BCUT2D eigenvalue weighted by molar-refractivity contribution is 5.56. The van der Waals surface area contributed by atoms with Gasteiger partial charge in [-0.15, -0.1) is 0 Å². The van der Waals surface area contributed by atoms with Crippen LogP contribution >= 0.6 is 0 Å². The van der Waals surface area contributed by atoms with Gasteiger partial charge in [-0.05, 0) is 12.8 Å². The van der Waals surface area contributed by atoms with Gasteiger partial charge >= 0.3 is 0 Å². The van der Waals surface area contributed by atoms with Crippen molar-refractivity contribution in [3.05, 3.63) is 0 Å². The highest BCUT2D eigenvalue weighted by Gasteiger charge is 2.16. The zero-order valence-corrected chi connectivity index (χ0v) is 7.38. The molecule has 3 nitrogen and oxygen atoms in total. The molecule has 1 unspecified atom stereocenters. The van der Waals surface area contributed by atoms with Crippen LogP contribution in [0.3, 0.4) is 0 Å². The molecular formula is C8H17N3. The summed E-state index contributed by atoms with van der Waals surface area (Å²) >= 11 is 0. The second kappa shape index (κ2) is 4.21. The van der Waals surface area contributed by atoms with Crippen molar-refractivity contribution in [3.8, 4) is 0 Å². The third-order valence-electron chi connectivity index (χ3n) is 1.87. The summed E-state index contributed by atoms with van der Waals surface area (Å²) in [5.41, 5.74) is 3.09. The van der Waals surface area contributed by atoms with Crippen molar-refractivity contribution < 1.29 is 0 Å². The van der Waals surface area contributed by atoms with Gasteiger partial charge in [-0.25, -0.2) is 0 Å². The Balaban J connectivity index is 2.30. The smallest absolute Gasteiger partial charge is 0.116 e. The van der Waals surface area contributed by atoms with Gasteiger partial charge in [-0.3, -0.25) is 5.43 Å². The molecule has 1 N–H and O–H groups in total. The van der Waals surface area contributed by atoms with Crippen molar-refractivity contribution in [2.24, 2.45) is 5.10 Å². The Kier molecular flexibility index (Phi) is 3.20. The van der Waals surface area contributed by atoms with E-state index in [1.807, 2.05) is 6.34 Å². The van der Waals surface area contributed by atoms with Crippen LogP contribution in [0.15, 0.2) is 5.10 Å². The molecule has 1 aliphatic heterocycles. The molecule has 0 saturated heterocycles. The van der Waals surface area contributed by atoms with E-state index in [4.69, 9.17) is 0 Å². The molecule has 0 spiro atoms. The van der Waals surface area contributed by atoms with E-state index in [0.717, 1.165) is 6.54 Å². The fraction of sp³-hybridized carbons (Fsp3) is 0.875. The Morgan fingerprint density at radius 2 is 2.27 bits per heavy atom. The van der Waals surface area contributed by atoms with Gasteiger partial charge in [-0.1, -0.05) is 20.3 Å². The molecule has 0 aliphatic carbocycles. The van der Waals surface area contributed by atoms with E-state index in [2.05, 4.69) is 29.3 Å². The van der Waals surface area contributed by atoms with E-state index in [-0.39, 0.29) is 0 Å². The molecule has 3 heteroatoms. The third-order valence-corrected chi connectivity index (χ3v) is 1.87. The van der Waals surface area contributed by atoms with Crippen LogP contribution in [0.1, 0.15) is 33.1 Å². The maximum atomic E-state index is 4.03. The summed E-state index contributed by atoms with van der Waals surface area (Å²) in [5, 5.41) is 4.03. The zero-order valence-electron chi connectivity index (χ0n) is 7.38. The second-order valence-electron chi connectivity index (χ2n) is 2.92. The first-order chi connectivity index (χ1) is 5.38. The lowest BCUT2D eigenvalue weighted by Crippen LogP contribution is -2.36. The molecule has 0 fully saturated rings. The first-order valence-corrected chi connectivity index (χ1v) is 4.43. The topological polar surface area (TPSA) is 27.6 Å². The van der Waals surface area contributed by atoms with Gasteiger partial charge in [0.1, 0.15) is 12.5 Å². The second-order valence-corrected chi connectivity index (χ2v) is 2.92. The third kappa shape index (κ3) is 2.10. The van der Waals surface area contributed by atoms with E-state index < -0.39 is 0 Å². The Morgan fingerprint density at radius 1 is 1.45 bits per heavy atom. The number of hydrogen-bond acceptors (Lipinski definition) is 3. The molecule has 1 rings (SSSR count). The minimum Gasteiger partial charge on any atom is -0.340 e. The van der Waals surface area contributed by atoms with E-state index in [1.165, 1.54) is 19.3 Å². The Labute approximate surface area is 68.5 Å². The lowest BCUT2D eigenvalue weighted by atomic mass is 10.2. The molecule has 1 atom stereocenters. The molecule has 0 saturated carbocycles. The van der Waals surface area contributed by atoms with Crippen molar-refractivity contribution >= 4 is 6.34 Å². The van der Waals surface area contributed by atoms with Crippen LogP contribution in [0.2, 0.25) is 0 Å². The Bertz CT molecular complexity index is 133. The monoisotopic (exact) mass is 155 g/mol. The number of hydrazone groups is 1. The molecular weight excluding hydrogens is 138 g/mol. The molecule has 0 amide bonds. The average Bonchev–Trinajstić information content (AvgIpc) is 2.39. The summed E-state index contributed by atoms with van der Waals surface area (Å²) in [5.74, 6) is 0. The van der Waals surface area contributed by atoms with E-state index in [1.54, 1.807) is 0 Å². The zero-order chi connectivity index (χ0) is 8.10. The molecule has 0 aromatic rings. The van der Waals surface area contributed by atoms with Crippen molar-refractivity contribution in [2.75, 3.05) is 6.54 Å². The maximum Gasteiger partial charge on any atom is 0.116 e. The van der Waals surface area contributed by atoms with Crippen molar-refractivity contribution in [2.45, 2.75) is 39.3 Å². The minimum absolute atomic E-state index is 0.458. The predicted octanol–water partition coefficient (Wildman–Crippen LogP) is 1.37. The lowest BCUT2D eigenvalue weighted by molar-refractivity contribution is 0.287. The summed E-state index contributed by atoms with van der Waals surface area (Å²) in [6.07, 6.45) is 5.94. The lowest BCUT2D eigenvalue weighted by Gasteiger charge is -2.22. The molecule has 0 radical (unpaired) electrons. The summed E-state index contributed by atoms with van der Waals surface area (Å²) in [7, 11) is 0. The Hall–Kier alpha value is -0.730. The minimum atomic E-state index is 0.458. The Morgan fingerprint density at radius 3 is 2.91 bits per heavy atom. The first-order valence-electron chi connectivity index (χ1n) is 4.43. The normalized spacial score (nSPS) is 22.4. The highest BCUT2D eigenvalue weighted by atomic mass is 15.5. The van der Waals surface area contributed by atoms with Crippen LogP contribution in [-0.4, -0.2) is 23.9 Å². The van der Waals surface area contributed by atoms with Crippen molar-refractivity contribution in [1.82, 2.24) is 10.3 Å². The number of rotatable bonds is 4. The quantitative estimate of drug-likeness (QED) is 0.664. The van der Waals surface area contributed by atoms with Gasteiger partial charge in [0.25, 0.3) is 0 Å². The molecule has 0 aromatic carbocycles. The molecule has 11 heavy (non-hydrogen) atoms. The molecule has 1 heterocycles. The van der Waals surface area contributed by atoms with Crippen LogP contribution in [0.25, 0.3) is 0 Å². The highest BCUT2D eigenvalue weighted by Crippen LogP contribution is 2.06. The van der Waals surface area contributed by atoms with Gasteiger partial charge in [0, 0.05) is 6.54 Å². The summed E-state index contributed by atoms with van der Waals surface area (Å²) in [6, 6.07) is 0. The van der Waals surface area contributed by atoms with Gasteiger partial charge < -0.3 is 4.90 Å². The number of nitrogens with one attached hydrogen (secondary N) is 1. The predicted molar refractivity (Wildman–Crippen MR) is 47.3 cm³/mol. The van der Waals surface area contributed by atoms with Gasteiger partial charge in [-0.2, -0.15) is 5.10 Å². The standard InChI is InChI=1S/C8H17N3/c1-3-5-8-10-9-7-11(8)6-4-2/h7-8,10H,3-6H2,1-2H3. The number of hydrogen-bond donors (Lipinski definition) is 1. The van der Waals surface area contributed by atoms with E-state index in [0.29, 0.717) is 6.17 Å². The summed E-state index contributed by atoms with van der Waals surface area (Å²) in [6.45, 7) is 5.50. The average molecular weight is 155 g/mol. The first kappa shape index (κ1) is 8.37. The van der Waals surface area contributed by atoms with Gasteiger partial charge in [0.2, 0.25) is 0 Å². The maximum absolute atomic E-state index is 4.03. The van der Waals surface area contributed by atoms with E-state index in [9.17, 15) is 0 Å². The van der Waals surface area contributed by atoms with Crippen molar-refractivity contribution in [1.29, 1.82) is 0 Å². The van der Waals surface area contributed by atoms with Gasteiger partial charge in [0.15, 0.2) is 0 Å². The molecule has 1 aliphatic rings. The largest absolute Gasteiger partial charge is 0.340 e. The van der Waals surface area contributed by atoms with Crippen LogP contribution in [-0.2, 0) is 0 Å². The van der Waals surface area contributed by atoms with E-state index >= 15 is 0 Å². The SMILES string of the molecule is CCCC1NN=CN1CCC. The van der Waals surface area contributed by atoms with Gasteiger partial charge in [0.05, 0.1) is 0 Å². The van der Waals surface area contributed by atoms with Crippen molar-refractivity contribution in [3.63, 3.8) is 0 Å². The molecule has 0 aromatic heterocycles. The summed E-state index contributed by atoms with van der Waals surface area (Å²) in [4.78, 5) is 2.27. The molecule has 0 bridgehead atoms. The molecule has 64 valence electrons.